The molecule has 0 aliphatic rings. The molecule has 0 amide bonds. The Morgan fingerprint density at radius 1 is 1.45 bits per heavy atom. The molecule has 56 valence electrons. The van der Waals surface area contributed by atoms with Gasteiger partial charge in [-0.15, -0.1) is 5.10 Å². The Labute approximate surface area is 62.0 Å². The van der Waals surface area contributed by atoms with Crippen LogP contribution in [0.15, 0.2) is 18.2 Å². The quantitative estimate of drug-likeness (QED) is 0.557. The standard InChI is InChI=1S/C7H6FN3/c8-7-5-2-1-4(9)3-6(5)10-11-7/h1-3H,9H2,(H,10,11). The number of hydrogen-bond donors (Lipinski definition) is 2. The summed E-state index contributed by atoms with van der Waals surface area (Å²) in [6, 6.07) is 4.88. The Kier molecular flexibility index (Phi) is 1.09. The van der Waals surface area contributed by atoms with Crippen LogP contribution in [0.5, 0.6) is 0 Å². The van der Waals surface area contributed by atoms with E-state index in [0.717, 1.165) is 0 Å². The smallest absolute Gasteiger partial charge is 0.240 e. The van der Waals surface area contributed by atoms with Crippen molar-refractivity contribution in [2.45, 2.75) is 0 Å². The van der Waals surface area contributed by atoms with E-state index in [1.807, 2.05) is 0 Å². The van der Waals surface area contributed by atoms with Gasteiger partial charge in [0.05, 0.1) is 10.9 Å². The van der Waals surface area contributed by atoms with Crippen molar-refractivity contribution in [2.75, 3.05) is 5.73 Å². The maximum absolute atomic E-state index is 12.7. The number of halogens is 1. The van der Waals surface area contributed by atoms with Crippen molar-refractivity contribution in [2.24, 2.45) is 0 Å². The summed E-state index contributed by atoms with van der Waals surface area (Å²) in [4.78, 5) is 0. The summed E-state index contributed by atoms with van der Waals surface area (Å²) >= 11 is 0. The number of nitrogens with zero attached hydrogens (tertiary/aromatic N) is 1. The third-order valence-corrected chi connectivity index (χ3v) is 1.54. The molecule has 0 spiro atoms. The minimum atomic E-state index is -0.486. The van der Waals surface area contributed by atoms with Crippen LogP contribution in [0.2, 0.25) is 0 Å². The van der Waals surface area contributed by atoms with E-state index >= 15 is 0 Å². The van der Waals surface area contributed by atoms with E-state index in [-0.39, 0.29) is 0 Å². The van der Waals surface area contributed by atoms with Crippen LogP contribution in [0, 0.1) is 5.95 Å². The fourth-order valence-electron chi connectivity index (χ4n) is 1.00. The minimum Gasteiger partial charge on any atom is -0.399 e. The van der Waals surface area contributed by atoms with Gasteiger partial charge in [0, 0.05) is 5.69 Å². The normalized spacial score (nSPS) is 10.6. The van der Waals surface area contributed by atoms with Gasteiger partial charge in [-0.1, -0.05) is 0 Å². The number of nitrogens with two attached hydrogens (primary N) is 1. The van der Waals surface area contributed by atoms with Gasteiger partial charge in [-0.2, -0.15) is 4.39 Å². The summed E-state index contributed by atoms with van der Waals surface area (Å²) in [6.45, 7) is 0. The number of rotatable bonds is 0. The fourth-order valence-corrected chi connectivity index (χ4v) is 1.00. The largest absolute Gasteiger partial charge is 0.399 e. The molecule has 11 heavy (non-hydrogen) atoms. The molecule has 0 saturated carbocycles. The molecule has 0 fully saturated rings. The highest BCUT2D eigenvalue weighted by molar-refractivity contribution is 5.81. The van der Waals surface area contributed by atoms with Crippen LogP contribution in [-0.2, 0) is 0 Å². The van der Waals surface area contributed by atoms with Gasteiger partial charge in [0.15, 0.2) is 0 Å². The zero-order chi connectivity index (χ0) is 7.84. The third-order valence-electron chi connectivity index (χ3n) is 1.54. The van der Waals surface area contributed by atoms with Crippen molar-refractivity contribution in [3.8, 4) is 0 Å². The van der Waals surface area contributed by atoms with Gasteiger partial charge in [-0.3, -0.25) is 5.10 Å². The summed E-state index contributed by atoms with van der Waals surface area (Å²) in [7, 11) is 0. The predicted octanol–water partition coefficient (Wildman–Crippen LogP) is 1.28. The number of H-pyrrole nitrogens is 1. The number of aromatic nitrogens is 2. The summed E-state index contributed by atoms with van der Waals surface area (Å²) in [6.07, 6.45) is 0. The van der Waals surface area contributed by atoms with Gasteiger partial charge >= 0.3 is 0 Å². The maximum Gasteiger partial charge on any atom is 0.240 e. The van der Waals surface area contributed by atoms with Crippen molar-refractivity contribution in [3.05, 3.63) is 24.1 Å². The Bertz CT molecular complexity index is 393. The first-order valence-corrected chi connectivity index (χ1v) is 3.16. The van der Waals surface area contributed by atoms with Crippen LogP contribution in [0.3, 0.4) is 0 Å². The lowest BCUT2D eigenvalue weighted by atomic mass is 10.2. The Morgan fingerprint density at radius 2 is 2.27 bits per heavy atom. The first kappa shape index (κ1) is 6.15. The highest BCUT2D eigenvalue weighted by Crippen LogP contribution is 2.16. The molecule has 3 N–H and O–H groups in total. The molecular formula is C7H6FN3. The molecule has 0 aliphatic heterocycles. The molecule has 3 nitrogen and oxygen atoms in total. The van der Waals surface area contributed by atoms with Crippen LogP contribution in [0.25, 0.3) is 10.9 Å². The highest BCUT2D eigenvalue weighted by Gasteiger charge is 2.02. The molecule has 4 heteroatoms. The molecule has 0 saturated heterocycles. The fraction of sp³-hybridized carbons (Fsp3) is 0. The molecule has 1 aromatic carbocycles. The van der Waals surface area contributed by atoms with E-state index < -0.39 is 5.95 Å². The van der Waals surface area contributed by atoms with Crippen LogP contribution in [0.4, 0.5) is 10.1 Å². The van der Waals surface area contributed by atoms with E-state index in [1.54, 1.807) is 18.2 Å². The first-order valence-electron chi connectivity index (χ1n) is 3.16. The summed E-state index contributed by atoms with van der Waals surface area (Å²) in [5.74, 6) is -0.486. The van der Waals surface area contributed by atoms with Gasteiger partial charge in [-0.05, 0) is 18.2 Å². The number of aromatic amines is 1. The Balaban J connectivity index is 2.86. The topological polar surface area (TPSA) is 54.7 Å². The van der Waals surface area contributed by atoms with Crippen molar-refractivity contribution in [3.63, 3.8) is 0 Å². The molecule has 0 aliphatic carbocycles. The zero-order valence-electron chi connectivity index (χ0n) is 5.63. The number of nitrogens with one attached hydrogen (secondary N) is 1. The van der Waals surface area contributed by atoms with Crippen LogP contribution < -0.4 is 5.73 Å². The van der Waals surface area contributed by atoms with Crippen molar-refractivity contribution < 1.29 is 4.39 Å². The van der Waals surface area contributed by atoms with Crippen LogP contribution in [-0.4, -0.2) is 10.2 Å². The van der Waals surface area contributed by atoms with Gasteiger partial charge in [0.25, 0.3) is 0 Å². The van der Waals surface area contributed by atoms with Crippen molar-refractivity contribution in [1.82, 2.24) is 10.2 Å². The van der Waals surface area contributed by atoms with Gasteiger partial charge in [0.1, 0.15) is 0 Å². The lowest BCUT2D eigenvalue weighted by molar-refractivity contribution is 0.588. The number of nitrogen functional groups attached to an aromatic ring is 1. The monoisotopic (exact) mass is 151 g/mol. The molecule has 1 aromatic heterocycles. The zero-order valence-corrected chi connectivity index (χ0v) is 5.63. The maximum atomic E-state index is 12.7. The summed E-state index contributed by atoms with van der Waals surface area (Å²) in [5, 5.41) is 6.38. The minimum absolute atomic E-state index is 0.471. The molecule has 0 bridgehead atoms. The van der Waals surface area contributed by atoms with Gasteiger partial charge < -0.3 is 5.73 Å². The molecule has 1 heterocycles. The van der Waals surface area contributed by atoms with Gasteiger partial charge in [0.2, 0.25) is 5.95 Å². The summed E-state index contributed by atoms with van der Waals surface area (Å²) in [5.41, 5.74) is 6.69. The third kappa shape index (κ3) is 0.832. The molecule has 2 aromatic rings. The average molecular weight is 151 g/mol. The van der Waals surface area contributed by atoms with Crippen LogP contribution >= 0.6 is 0 Å². The second-order valence-electron chi connectivity index (χ2n) is 2.32. The second kappa shape index (κ2) is 1.95. The Morgan fingerprint density at radius 3 is 3.09 bits per heavy atom. The lowest BCUT2D eigenvalue weighted by Gasteiger charge is -1.90. The van der Waals surface area contributed by atoms with E-state index in [1.165, 1.54) is 0 Å². The van der Waals surface area contributed by atoms with E-state index in [2.05, 4.69) is 10.2 Å². The molecule has 0 unspecified atom stereocenters. The molecule has 0 radical (unpaired) electrons. The number of benzene rings is 1. The molecule has 2 rings (SSSR count). The number of anilines is 1. The molecular weight excluding hydrogens is 145 g/mol. The van der Waals surface area contributed by atoms with Crippen molar-refractivity contribution >= 4 is 16.6 Å². The lowest BCUT2D eigenvalue weighted by Crippen LogP contribution is -1.82. The average Bonchev–Trinajstić information content (AvgIpc) is 2.32. The first-order chi connectivity index (χ1) is 5.27. The Hall–Kier alpha value is -1.58. The van der Waals surface area contributed by atoms with Gasteiger partial charge in [-0.25, -0.2) is 0 Å². The van der Waals surface area contributed by atoms with E-state index in [9.17, 15) is 4.39 Å². The highest BCUT2D eigenvalue weighted by atomic mass is 19.1. The van der Waals surface area contributed by atoms with Crippen molar-refractivity contribution in [1.29, 1.82) is 0 Å². The SMILES string of the molecule is Nc1ccc2c(F)n[nH]c2c1. The summed E-state index contributed by atoms with van der Waals surface area (Å²) < 4.78 is 12.7. The predicted molar refractivity (Wildman–Crippen MR) is 40.5 cm³/mol. The second-order valence-corrected chi connectivity index (χ2v) is 2.32. The molecule has 0 atom stereocenters. The van der Waals surface area contributed by atoms with E-state index in [4.69, 9.17) is 5.73 Å². The number of fused-ring (bicyclic) bond motifs is 1. The number of hydrogen-bond acceptors (Lipinski definition) is 2. The van der Waals surface area contributed by atoms with Crippen LogP contribution in [0.1, 0.15) is 0 Å². The van der Waals surface area contributed by atoms with E-state index in [0.29, 0.717) is 16.6 Å².